The van der Waals surface area contributed by atoms with E-state index in [1.807, 2.05) is 12.1 Å². The van der Waals surface area contributed by atoms with Gasteiger partial charge in [-0.15, -0.1) is 0 Å². The Bertz CT molecular complexity index is 652. The Balaban J connectivity index is 2.41. The molecule has 16 heavy (non-hydrogen) atoms. The minimum absolute atomic E-state index is 0.116. The van der Waals surface area contributed by atoms with Gasteiger partial charge in [-0.1, -0.05) is 0 Å². The molecule has 1 aromatic carbocycles. The van der Waals surface area contributed by atoms with Gasteiger partial charge in [0.2, 0.25) is 5.75 Å². The topological polar surface area (TPSA) is 59.7 Å². The minimum atomic E-state index is -0.492. The molecule has 0 radical (unpaired) electrons. The smallest absolute Gasteiger partial charge is 0.336 e. The lowest BCUT2D eigenvalue weighted by molar-refractivity contribution is 0.395. The van der Waals surface area contributed by atoms with Gasteiger partial charge in [-0.05, 0) is 24.6 Å². The summed E-state index contributed by atoms with van der Waals surface area (Å²) in [7, 11) is 0. The van der Waals surface area contributed by atoms with E-state index in [4.69, 9.17) is 9.15 Å². The Morgan fingerprint density at radius 1 is 1.31 bits per heavy atom. The Morgan fingerprint density at radius 3 is 3.06 bits per heavy atom. The number of phenolic OH excluding ortho intramolecular Hbond substituents is 1. The highest BCUT2D eigenvalue weighted by Gasteiger charge is 2.17. The summed E-state index contributed by atoms with van der Waals surface area (Å²) in [6.07, 6.45) is 4.06. The lowest BCUT2D eigenvalue weighted by Gasteiger charge is -2.14. The fourth-order valence-corrected chi connectivity index (χ4v) is 1.81. The van der Waals surface area contributed by atoms with E-state index < -0.39 is 5.63 Å². The molecule has 1 aliphatic rings. The Hall–Kier alpha value is -2.23. The highest BCUT2D eigenvalue weighted by Crippen LogP contribution is 2.39. The van der Waals surface area contributed by atoms with Crippen LogP contribution in [0.5, 0.6) is 11.5 Å². The molecule has 80 valence electrons. The van der Waals surface area contributed by atoms with Crippen LogP contribution in [0, 0.1) is 0 Å². The summed E-state index contributed by atoms with van der Waals surface area (Å²) >= 11 is 0. The number of hydrogen-bond acceptors (Lipinski definition) is 4. The highest BCUT2D eigenvalue weighted by molar-refractivity contribution is 5.86. The first-order valence-corrected chi connectivity index (χ1v) is 4.86. The minimum Gasteiger partial charge on any atom is -0.502 e. The summed E-state index contributed by atoms with van der Waals surface area (Å²) in [5.74, 6) is 0.249. The number of aromatic hydroxyl groups is 1. The van der Waals surface area contributed by atoms with Crippen molar-refractivity contribution in [1.29, 1.82) is 0 Å². The molecule has 2 heterocycles. The Morgan fingerprint density at radius 2 is 2.19 bits per heavy atom. The monoisotopic (exact) mass is 216 g/mol. The predicted octanol–water partition coefficient (Wildman–Crippen LogP) is 1.95. The summed E-state index contributed by atoms with van der Waals surface area (Å²) in [6, 6.07) is 4.80. The lowest BCUT2D eigenvalue weighted by atomic mass is 10.1. The quantitative estimate of drug-likeness (QED) is 0.684. The average molecular weight is 216 g/mol. The number of allylic oxidation sites excluding steroid dienone is 1. The number of hydrogen-bond donors (Lipinski definition) is 1. The van der Waals surface area contributed by atoms with Crippen LogP contribution >= 0.6 is 0 Å². The average Bonchev–Trinajstić information content (AvgIpc) is 2.31. The molecule has 2 aromatic rings. The number of benzene rings is 1. The second kappa shape index (κ2) is 3.13. The van der Waals surface area contributed by atoms with Crippen LogP contribution < -0.4 is 10.4 Å². The van der Waals surface area contributed by atoms with Crippen LogP contribution in [0.4, 0.5) is 0 Å². The van der Waals surface area contributed by atoms with E-state index in [1.54, 1.807) is 6.07 Å². The first kappa shape index (κ1) is 9.03. The van der Waals surface area contributed by atoms with Gasteiger partial charge in [0.15, 0.2) is 11.3 Å². The number of fused-ring (bicyclic) bond motifs is 2. The van der Waals surface area contributed by atoms with Crippen LogP contribution in [0.3, 0.4) is 0 Å². The SMILES string of the molecule is O=c1ccc2cc3c(c(O)c2o1)OC=CC3. The summed E-state index contributed by atoms with van der Waals surface area (Å²) in [5, 5.41) is 10.6. The number of ether oxygens (including phenoxy) is 1. The van der Waals surface area contributed by atoms with Gasteiger partial charge in [0.05, 0.1) is 6.26 Å². The van der Waals surface area contributed by atoms with Crippen LogP contribution in [0.25, 0.3) is 11.0 Å². The van der Waals surface area contributed by atoms with Gasteiger partial charge in [-0.2, -0.15) is 0 Å². The van der Waals surface area contributed by atoms with E-state index in [1.165, 1.54) is 12.3 Å². The highest BCUT2D eigenvalue weighted by atomic mass is 16.5. The lowest BCUT2D eigenvalue weighted by Crippen LogP contribution is -2.00. The molecule has 4 heteroatoms. The normalized spacial score (nSPS) is 13.5. The van der Waals surface area contributed by atoms with Crippen molar-refractivity contribution < 1.29 is 14.3 Å². The molecule has 0 saturated heterocycles. The second-order valence-electron chi connectivity index (χ2n) is 3.58. The predicted molar refractivity (Wildman–Crippen MR) is 57.6 cm³/mol. The van der Waals surface area contributed by atoms with Crippen molar-refractivity contribution in [1.82, 2.24) is 0 Å². The van der Waals surface area contributed by atoms with Crippen molar-refractivity contribution in [2.24, 2.45) is 0 Å². The van der Waals surface area contributed by atoms with Crippen LogP contribution in [0.1, 0.15) is 5.56 Å². The first-order valence-electron chi connectivity index (χ1n) is 4.86. The largest absolute Gasteiger partial charge is 0.502 e. The molecule has 1 aromatic heterocycles. The molecule has 4 nitrogen and oxygen atoms in total. The van der Waals surface area contributed by atoms with Gasteiger partial charge in [-0.25, -0.2) is 4.79 Å². The summed E-state index contributed by atoms with van der Waals surface area (Å²) in [5.41, 5.74) is 0.553. The van der Waals surface area contributed by atoms with Crippen molar-refractivity contribution in [3.63, 3.8) is 0 Å². The van der Waals surface area contributed by atoms with Crippen LogP contribution in [0.2, 0.25) is 0 Å². The summed E-state index contributed by atoms with van der Waals surface area (Å²) in [4.78, 5) is 11.1. The van der Waals surface area contributed by atoms with Crippen molar-refractivity contribution in [2.75, 3.05) is 0 Å². The molecular formula is C12H8O4. The molecular weight excluding hydrogens is 208 g/mol. The van der Waals surface area contributed by atoms with Gasteiger partial charge in [0.25, 0.3) is 0 Å². The molecule has 0 saturated carbocycles. The van der Waals surface area contributed by atoms with Crippen molar-refractivity contribution in [3.8, 4) is 11.5 Å². The molecule has 0 bridgehead atoms. The number of phenols is 1. The standard InChI is InChI=1S/C12H8O4/c13-9-4-3-8-6-7-2-1-5-15-11(7)10(14)12(8)16-9/h1,3-6,14H,2H2. The maximum atomic E-state index is 11.1. The molecule has 1 aliphatic heterocycles. The van der Waals surface area contributed by atoms with E-state index >= 15 is 0 Å². The fraction of sp³-hybridized carbons (Fsp3) is 0.0833. The Kier molecular flexibility index (Phi) is 1.77. The maximum Gasteiger partial charge on any atom is 0.336 e. The third-order valence-corrected chi connectivity index (χ3v) is 2.54. The molecule has 0 atom stereocenters. The van der Waals surface area contributed by atoms with E-state index in [-0.39, 0.29) is 11.3 Å². The maximum absolute atomic E-state index is 11.1. The van der Waals surface area contributed by atoms with Crippen molar-refractivity contribution in [2.45, 2.75) is 6.42 Å². The van der Waals surface area contributed by atoms with Gasteiger partial charge in [-0.3, -0.25) is 0 Å². The molecule has 0 unspecified atom stereocenters. The van der Waals surface area contributed by atoms with E-state index in [2.05, 4.69) is 0 Å². The van der Waals surface area contributed by atoms with Crippen LogP contribution in [-0.2, 0) is 6.42 Å². The zero-order valence-electron chi connectivity index (χ0n) is 8.27. The third-order valence-electron chi connectivity index (χ3n) is 2.54. The molecule has 0 aliphatic carbocycles. The number of rotatable bonds is 0. The van der Waals surface area contributed by atoms with E-state index in [0.717, 1.165) is 5.56 Å². The van der Waals surface area contributed by atoms with Crippen molar-refractivity contribution >= 4 is 11.0 Å². The Labute approximate surface area is 90.4 Å². The molecule has 3 rings (SSSR count). The molecule has 1 N–H and O–H groups in total. The van der Waals surface area contributed by atoms with E-state index in [9.17, 15) is 9.90 Å². The first-order chi connectivity index (χ1) is 7.75. The zero-order valence-corrected chi connectivity index (χ0v) is 8.27. The van der Waals surface area contributed by atoms with E-state index in [0.29, 0.717) is 17.6 Å². The summed E-state index contributed by atoms with van der Waals surface area (Å²) in [6.45, 7) is 0. The van der Waals surface area contributed by atoms with Crippen LogP contribution in [0.15, 0.2) is 39.7 Å². The van der Waals surface area contributed by atoms with Crippen LogP contribution in [-0.4, -0.2) is 5.11 Å². The molecule has 0 spiro atoms. The molecule has 0 fully saturated rings. The van der Waals surface area contributed by atoms with Crippen molar-refractivity contribution in [3.05, 3.63) is 46.5 Å². The molecule has 0 amide bonds. The van der Waals surface area contributed by atoms with Gasteiger partial charge >= 0.3 is 5.63 Å². The fourth-order valence-electron chi connectivity index (χ4n) is 1.81. The van der Waals surface area contributed by atoms with Gasteiger partial charge in [0, 0.05) is 17.0 Å². The zero-order chi connectivity index (χ0) is 11.1. The second-order valence-corrected chi connectivity index (χ2v) is 3.58. The summed E-state index contributed by atoms with van der Waals surface area (Å²) < 4.78 is 10.2. The van der Waals surface area contributed by atoms with Gasteiger partial charge in [0.1, 0.15) is 0 Å². The van der Waals surface area contributed by atoms with Gasteiger partial charge < -0.3 is 14.3 Å². The third kappa shape index (κ3) is 1.20.